The summed E-state index contributed by atoms with van der Waals surface area (Å²) in [5.74, 6) is -1.61. The van der Waals surface area contributed by atoms with Crippen LogP contribution in [0.4, 0.5) is 8.78 Å². The van der Waals surface area contributed by atoms with E-state index in [-0.39, 0.29) is 11.5 Å². The second-order valence-corrected chi connectivity index (χ2v) is 3.06. The van der Waals surface area contributed by atoms with E-state index in [0.29, 0.717) is 0 Å². The van der Waals surface area contributed by atoms with Gasteiger partial charge in [0.15, 0.2) is 0 Å². The first-order valence-electron chi connectivity index (χ1n) is 4.23. The molecule has 0 spiro atoms. The predicted octanol–water partition coefficient (Wildman–Crippen LogP) is 2.16. The standard InChI is InChI=1S/C10H11F2NO/c1-6(13-7(2)14)10-8(11)4-3-5-9(10)12/h3-6H,1-2H3,(H,13,14). The zero-order chi connectivity index (χ0) is 10.7. The van der Waals surface area contributed by atoms with Gasteiger partial charge in [0.25, 0.3) is 0 Å². The van der Waals surface area contributed by atoms with Crippen LogP contribution in [0.15, 0.2) is 18.2 Å². The Morgan fingerprint density at radius 3 is 2.29 bits per heavy atom. The van der Waals surface area contributed by atoms with Gasteiger partial charge in [-0.05, 0) is 19.1 Å². The predicted molar refractivity (Wildman–Crippen MR) is 48.6 cm³/mol. The molecule has 14 heavy (non-hydrogen) atoms. The number of hydrogen-bond donors (Lipinski definition) is 1. The van der Waals surface area contributed by atoms with E-state index in [9.17, 15) is 13.6 Å². The SMILES string of the molecule is CC(=O)NC(C)c1c(F)cccc1F. The van der Waals surface area contributed by atoms with Crippen molar-refractivity contribution in [1.82, 2.24) is 5.32 Å². The van der Waals surface area contributed by atoms with Crippen LogP contribution in [-0.2, 0) is 4.79 Å². The maximum absolute atomic E-state index is 13.2. The topological polar surface area (TPSA) is 29.1 Å². The number of carbonyl (C=O) groups excluding carboxylic acids is 1. The highest BCUT2D eigenvalue weighted by Gasteiger charge is 2.15. The summed E-state index contributed by atoms with van der Waals surface area (Å²) >= 11 is 0. The molecule has 1 rings (SSSR count). The Hall–Kier alpha value is -1.45. The van der Waals surface area contributed by atoms with Gasteiger partial charge in [-0.2, -0.15) is 0 Å². The van der Waals surface area contributed by atoms with E-state index >= 15 is 0 Å². The van der Waals surface area contributed by atoms with Crippen molar-refractivity contribution in [2.45, 2.75) is 19.9 Å². The molecule has 0 bridgehead atoms. The molecule has 1 N–H and O–H groups in total. The summed E-state index contributed by atoms with van der Waals surface area (Å²) in [6, 6.07) is 2.95. The monoisotopic (exact) mass is 199 g/mol. The lowest BCUT2D eigenvalue weighted by Gasteiger charge is -2.14. The molecule has 76 valence electrons. The molecule has 0 aliphatic carbocycles. The molecule has 1 aromatic carbocycles. The van der Waals surface area contributed by atoms with Crippen molar-refractivity contribution in [3.05, 3.63) is 35.4 Å². The minimum absolute atomic E-state index is 0.109. The van der Waals surface area contributed by atoms with Crippen LogP contribution in [0.2, 0.25) is 0 Å². The lowest BCUT2D eigenvalue weighted by molar-refractivity contribution is -0.119. The Balaban J connectivity index is 2.99. The van der Waals surface area contributed by atoms with Crippen LogP contribution in [-0.4, -0.2) is 5.91 Å². The number of benzene rings is 1. The van der Waals surface area contributed by atoms with Crippen molar-refractivity contribution < 1.29 is 13.6 Å². The largest absolute Gasteiger partial charge is 0.350 e. The Kier molecular flexibility index (Phi) is 3.17. The zero-order valence-electron chi connectivity index (χ0n) is 7.97. The minimum atomic E-state index is -0.659. The molecule has 0 fully saturated rings. The van der Waals surface area contributed by atoms with Gasteiger partial charge in [-0.3, -0.25) is 4.79 Å². The lowest BCUT2D eigenvalue weighted by atomic mass is 10.1. The van der Waals surface area contributed by atoms with Crippen LogP contribution in [0, 0.1) is 11.6 Å². The molecular formula is C10H11F2NO. The fraction of sp³-hybridized carbons (Fsp3) is 0.300. The van der Waals surface area contributed by atoms with E-state index in [4.69, 9.17) is 0 Å². The van der Waals surface area contributed by atoms with Gasteiger partial charge in [0.1, 0.15) is 11.6 Å². The third-order valence-corrected chi connectivity index (χ3v) is 1.85. The normalized spacial score (nSPS) is 12.3. The highest BCUT2D eigenvalue weighted by molar-refractivity contribution is 5.73. The van der Waals surface area contributed by atoms with Crippen molar-refractivity contribution in [3.63, 3.8) is 0 Å². The smallest absolute Gasteiger partial charge is 0.217 e. The third-order valence-electron chi connectivity index (χ3n) is 1.85. The Labute approximate surface area is 80.9 Å². The molecule has 0 aliphatic rings. The van der Waals surface area contributed by atoms with Gasteiger partial charge in [0.2, 0.25) is 5.91 Å². The van der Waals surface area contributed by atoms with Gasteiger partial charge in [-0.15, -0.1) is 0 Å². The summed E-state index contributed by atoms with van der Waals surface area (Å²) in [6.07, 6.45) is 0. The number of hydrogen-bond acceptors (Lipinski definition) is 1. The summed E-state index contributed by atoms with van der Waals surface area (Å²) in [5.41, 5.74) is -0.109. The first kappa shape index (κ1) is 10.6. The van der Waals surface area contributed by atoms with Crippen LogP contribution in [0.25, 0.3) is 0 Å². The van der Waals surface area contributed by atoms with Gasteiger partial charge >= 0.3 is 0 Å². The third kappa shape index (κ3) is 2.28. The minimum Gasteiger partial charge on any atom is -0.350 e. The van der Waals surface area contributed by atoms with Gasteiger partial charge in [0.05, 0.1) is 6.04 Å². The van der Waals surface area contributed by atoms with Gasteiger partial charge < -0.3 is 5.32 Å². The number of nitrogens with one attached hydrogen (secondary N) is 1. The highest BCUT2D eigenvalue weighted by atomic mass is 19.1. The van der Waals surface area contributed by atoms with Crippen molar-refractivity contribution >= 4 is 5.91 Å². The number of rotatable bonds is 2. The van der Waals surface area contributed by atoms with E-state index in [2.05, 4.69) is 5.32 Å². The van der Waals surface area contributed by atoms with Crippen LogP contribution >= 0.6 is 0 Å². The van der Waals surface area contributed by atoms with E-state index in [0.717, 1.165) is 12.1 Å². The van der Waals surface area contributed by atoms with Gasteiger partial charge in [-0.1, -0.05) is 6.07 Å². The van der Waals surface area contributed by atoms with E-state index in [1.54, 1.807) is 0 Å². The zero-order valence-corrected chi connectivity index (χ0v) is 7.97. The number of amides is 1. The van der Waals surface area contributed by atoms with Crippen molar-refractivity contribution in [2.24, 2.45) is 0 Å². The second-order valence-electron chi connectivity index (χ2n) is 3.06. The molecule has 4 heteroatoms. The molecule has 2 nitrogen and oxygen atoms in total. The summed E-state index contributed by atoms with van der Waals surface area (Å²) in [4.78, 5) is 10.7. The molecule has 0 heterocycles. The maximum atomic E-state index is 13.2. The molecule has 0 aliphatic heterocycles. The van der Waals surface area contributed by atoms with E-state index < -0.39 is 17.7 Å². The molecule has 1 unspecified atom stereocenters. The molecule has 1 aromatic rings. The fourth-order valence-corrected chi connectivity index (χ4v) is 1.30. The number of halogens is 2. The average molecular weight is 199 g/mol. The van der Waals surface area contributed by atoms with Gasteiger partial charge in [-0.25, -0.2) is 8.78 Å². The molecule has 1 atom stereocenters. The molecule has 1 amide bonds. The quantitative estimate of drug-likeness (QED) is 0.777. The molecule has 0 aromatic heterocycles. The van der Waals surface area contributed by atoms with E-state index in [1.165, 1.54) is 19.9 Å². The summed E-state index contributed by atoms with van der Waals surface area (Å²) in [7, 11) is 0. The van der Waals surface area contributed by atoms with Crippen LogP contribution in [0.1, 0.15) is 25.5 Å². The number of carbonyl (C=O) groups is 1. The summed E-state index contributed by atoms with van der Waals surface area (Å²) in [5, 5.41) is 2.42. The molecule has 0 saturated carbocycles. The first-order chi connectivity index (χ1) is 6.52. The highest BCUT2D eigenvalue weighted by Crippen LogP contribution is 2.19. The lowest BCUT2D eigenvalue weighted by Crippen LogP contribution is -2.25. The summed E-state index contributed by atoms with van der Waals surface area (Å²) in [6.45, 7) is 2.83. The van der Waals surface area contributed by atoms with Crippen LogP contribution < -0.4 is 5.32 Å². The van der Waals surface area contributed by atoms with Crippen molar-refractivity contribution in [2.75, 3.05) is 0 Å². The Morgan fingerprint density at radius 2 is 1.86 bits per heavy atom. The summed E-state index contributed by atoms with van der Waals surface area (Å²) < 4.78 is 26.3. The second kappa shape index (κ2) is 4.17. The van der Waals surface area contributed by atoms with Crippen LogP contribution in [0.3, 0.4) is 0 Å². The Morgan fingerprint density at radius 1 is 1.36 bits per heavy atom. The fourth-order valence-electron chi connectivity index (χ4n) is 1.30. The average Bonchev–Trinajstić information content (AvgIpc) is 2.01. The van der Waals surface area contributed by atoms with Crippen molar-refractivity contribution in [3.8, 4) is 0 Å². The maximum Gasteiger partial charge on any atom is 0.217 e. The molecular weight excluding hydrogens is 188 g/mol. The van der Waals surface area contributed by atoms with Gasteiger partial charge in [0, 0.05) is 12.5 Å². The van der Waals surface area contributed by atoms with Crippen molar-refractivity contribution in [1.29, 1.82) is 0 Å². The van der Waals surface area contributed by atoms with E-state index in [1.807, 2.05) is 0 Å². The first-order valence-corrected chi connectivity index (χ1v) is 4.23. The Bertz CT molecular complexity index is 332. The molecule has 0 radical (unpaired) electrons. The van der Waals surface area contributed by atoms with Crippen LogP contribution in [0.5, 0.6) is 0 Å². The molecule has 0 saturated heterocycles.